The number of aromatic nitrogens is 1. The van der Waals surface area contributed by atoms with Gasteiger partial charge in [0, 0.05) is 17.4 Å². The van der Waals surface area contributed by atoms with Crippen LogP contribution in [0.15, 0.2) is 59.6 Å². The third-order valence-corrected chi connectivity index (χ3v) is 6.47. The Morgan fingerprint density at radius 1 is 1.10 bits per heavy atom. The van der Waals surface area contributed by atoms with Crippen molar-refractivity contribution < 1.29 is 14.7 Å². The first-order valence-corrected chi connectivity index (χ1v) is 10.5. The molecule has 8 heteroatoms. The van der Waals surface area contributed by atoms with E-state index >= 15 is 0 Å². The summed E-state index contributed by atoms with van der Waals surface area (Å²) in [5.41, 5.74) is 3.19. The zero-order valence-electron chi connectivity index (χ0n) is 15.6. The lowest BCUT2D eigenvalue weighted by molar-refractivity contribution is -0.122. The largest absolute Gasteiger partial charge is 0.493 e. The Morgan fingerprint density at radius 2 is 1.83 bits per heavy atom. The number of fused-ring (bicyclic) bond motifs is 1. The van der Waals surface area contributed by atoms with Crippen LogP contribution in [0.3, 0.4) is 0 Å². The van der Waals surface area contributed by atoms with E-state index in [-0.39, 0.29) is 18.2 Å². The van der Waals surface area contributed by atoms with Crippen LogP contribution < -0.4 is 4.90 Å². The fourth-order valence-electron chi connectivity index (χ4n) is 3.72. The van der Waals surface area contributed by atoms with E-state index in [9.17, 15) is 14.7 Å². The lowest BCUT2D eigenvalue weighted by Gasteiger charge is -2.15. The molecule has 30 heavy (non-hydrogen) atoms. The summed E-state index contributed by atoms with van der Waals surface area (Å²) in [5.74, 6) is -0.834. The van der Waals surface area contributed by atoms with Gasteiger partial charge < -0.3 is 5.11 Å². The minimum atomic E-state index is -0.863. The molecule has 3 heterocycles. The number of hydrogen-bond donors (Lipinski definition) is 1. The van der Waals surface area contributed by atoms with Gasteiger partial charge in [-0.15, -0.1) is 11.3 Å². The summed E-state index contributed by atoms with van der Waals surface area (Å²) in [6.07, 6.45) is 3.49. The van der Waals surface area contributed by atoms with Gasteiger partial charge in [-0.2, -0.15) is 0 Å². The third kappa shape index (κ3) is 2.92. The number of benzene rings is 2. The maximum Gasteiger partial charge on any atom is 0.257 e. The number of aromatic hydroxyl groups is 1. The van der Waals surface area contributed by atoms with Crippen LogP contribution in [-0.4, -0.2) is 27.7 Å². The Hall–Kier alpha value is -3.36. The molecule has 1 N–H and O–H groups in total. The Balaban J connectivity index is 1.52. The molecule has 1 aromatic heterocycles. The summed E-state index contributed by atoms with van der Waals surface area (Å²) in [4.78, 5) is 31.6. The number of para-hydroxylation sites is 2. The lowest BCUT2D eigenvalue weighted by atomic mass is 10.1. The number of anilines is 1. The Labute approximate surface area is 181 Å². The average Bonchev–Trinajstić information content (AvgIpc) is 3.37. The van der Waals surface area contributed by atoms with E-state index in [1.54, 1.807) is 36.6 Å². The summed E-state index contributed by atoms with van der Waals surface area (Å²) in [6.45, 7) is 0. The monoisotopic (exact) mass is 433 g/mol. The molecule has 2 aliphatic rings. The highest BCUT2D eigenvalue weighted by atomic mass is 32.1. The molecule has 1 fully saturated rings. The van der Waals surface area contributed by atoms with Gasteiger partial charge in [-0.25, -0.2) is 4.90 Å². The van der Waals surface area contributed by atoms with Gasteiger partial charge in [0.05, 0.1) is 22.7 Å². The fraction of sp³-hybridized carbons (Fsp3) is 0.0909. The van der Waals surface area contributed by atoms with E-state index in [1.165, 1.54) is 15.9 Å². The second-order valence-electron chi connectivity index (χ2n) is 6.92. The molecule has 1 saturated heterocycles. The molecule has 0 bridgehead atoms. The number of thiazole rings is 1. The highest BCUT2D eigenvalue weighted by Gasteiger charge is 2.42. The quantitative estimate of drug-likeness (QED) is 0.478. The minimum absolute atomic E-state index is 0.0490. The molecule has 2 aromatic carbocycles. The van der Waals surface area contributed by atoms with E-state index in [1.807, 2.05) is 30.3 Å². The number of rotatable bonds is 3. The van der Waals surface area contributed by atoms with Crippen LogP contribution in [0.4, 0.5) is 11.4 Å². The number of carbonyl (C=O) groups excluding carboxylic acids is 2. The number of aliphatic imine (C=N–C) groups is 1. The molecule has 6 nitrogen and oxygen atoms in total. The summed E-state index contributed by atoms with van der Waals surface area (Å²) in [7, 11) is 0. The predicted octanol–water partition coefficient (Wildman–Crippen LogP) is 4.75. The topological polar surface area (TPSA) is 74.9 Å². The summed E-state index contributed by atoms with van der Waals surface area (Å²) in [6, 6.07) is 15.6. The SMILES string of the molecule is O=C1C[C@@H](n2c(O)c(C=C3C=Nc4ccccc43)sc2=S)C(=O)N1c1ccccc1. The molecule has 2 aliphatic heterocycles. The second kappa shape index (κ2) is 7.16. The van der Waals surface area contributed by atoms with E-state index in [0.29, 0.717) is 14.5 Å². The van der Waals surface area contributed by atoms with Crippen molar-refractivity contribution >= 4 is 64.6 Å². The molecule has 3 aromatic rings. The standard InChI is InChI=1S/C22H15N3O3S2/c26-19-11-17(20(27)24(19)14-6-2-1-3-7-14)25-21(28)18(30-22(25)29)10-13-12-23-16-9-5-4-8-15(13)16/h1-10,12,17,28H,11H2/t17-/m1/s1. The van der Waals surface area contributed by atoms with E-state index in [0.717, 1.165) is 21.7 Å². The number of hydrogen-bond acceptors (Lipinski definition) is 6. The van der Waals surface area contributed by atoms with E-state index in [4.69, 9.17) is 12.2 Å². The number of nitrogens with zero attached hydrogens (tertiary/aromatic N) is 3. The maximum atomic E-state index is 13.0. The smallest absolute Gasteiger partial charge is 0.257 e. The van der Waals surface area contributed by atoms with Gasteiger partial charge in [-0.05, 0) is 36.5 Å². The van der Waals surface area contributed by atoms with Gasteiger partial charge in [-0.1, -0.05) is 36.4 Å². The number of amides is 2. The molecule has 5 rings (SSSR count). The highest BCUT2D eigenvalue weighted by molar-refractivity contribution is 7.73. The van der Waals surface area contributed by atoms with Crippen molar-refractivity contribution in [3.63, 3.8) is 0 Å². The first-order valence-electron chi connectivity index (χ1n) is 9.26. The third-order valence-electron chi connectivity index (χ3n) is 5.14. The molecule has 0 saturated carbocycles. The molecular weight excluding hydrogens is 418 g/mol. The van der Waals surface area contributed by atoms with Crippen LogP contribution in [0.1, 0.15) is 22.9 Å². The molecular formula is C22H15N3O3S2. The molecule has 0 unspecified atom stereocenters. The van der Waals surface area contributed by atoms with Gasteiger partial charge in [0.1, 0.15) is 6.04 Å². The molecule has 0 radical (unpaired) electrons. The van der Waals surface area contributed by atoms with Gasteiger partial charge in [0.25, 0.3) is 5.91 Å². The fourth-order valence-corrected chi connectivity index (χ4v) is 5.08. The van der Waals surface area contributed by atoms with Crippen LogP contribution in [0.5, 0.6) is 5.88 Å². The van der Waals surface area contributed by atoms with Crippen LogP contribution in [0.25, 0.3) is 11.6 Å². The van der Waals surface area contributed by atoms with Crippen molar-refractivity contribution in [1.29, 1.82) is 0 Å². The van der Waals surface area contributed by atoms with Gasteiger partial charge in [0.2, 0.25) is 11.8 Å². The Morgan fingerprint density at radius 3 is 2.63 bits per heavy atom. The second-order valence-corrected chi connectivity index (χ2v) is 8.60. The summed E-state index contributed by atoms with van der Waals surface area (Å²) < 4.78 is 1.72. The minimum Gasteiger partial charge on any atom is -0.493 e. The van der Waals surface area contributed by atoms with E-state index < -0.39 is 11.9 Å². The first kappa shape index (κ1) is 18.7. The Bertz CT molecular complexity index is 1300. The van der Waals surface area contributed by atoms with E-state index in [2.05, 4.69) is 4.99 Å². The van der Waals surface area contributed by atoms with Crippen LogP contribution in [0.2, 0.25) is 0 Å². The zero-order valence-corrected chi connectivity index (χ0v) is 17.2. The summed E-state index contributed by atoms with van der Waals surface area (Å²) in [5, 5.41) is 10.9. The lowest BCUT2D eigenvalue weighted by Crippen LogP contribution is -2.31. The van der Waals surface area contributed by atoms with Crippen molar-refractivity contribution in [2.24, 2.45) is 4.99 Å². The maximum absolute atomic E-state index is 13.0. The molecule has 1 atom stereocenters. The highest BCUT2D eigenvalue weighted by Crippen LogP contribution is 2.39. The van der Waals surface area contributed by atoms with Crippen molar-refractivity contribution in [3.05, 3.63) is 69.0 Å². The Kier molecular flexibility index (Phi) is 4.45. The number of carbonyl (C=O) groups is 2. The number of imide groups is 1. The predicted molar refractivity (Wildman–Crippen MR) is 120 cm³/mol. The van der Waals surface area contributed by atoms with Crippen molar-refractivity contribution in [2.45, 2.75) is 12.5 Å². The van der Waals surface area contributed by atoms with Crippen LogP contribution >= 0.6 is 23.6 Å². The normalized spacial score (nSPS) is 19.1. The first-order chi connectivity index (χ1) is 14.5. The van der Waals surface area contributed by atoms with Gasteiger partial charge in [-0.3, -0.25) is 19.1 Å². The number of allylic oxidation sites excluding steroid dienone is 1. The summed E-state index contributed by atoms with van der Waals surface area (Å²) >= 11 is 6.64. The van der Waals surface area contributed by atoms with Crippen molar-refractivity contribution in [2.75, 3.05) is 4.90 Å². The molecule has 0 spiro atoms. The zero-order chi connectivity index (χ0) is 20.8. The molecule has 148 valence electrons. The van der Waals surface area contributed by atoms with Crippen LogP contribution in [0, 0.1) is 3.95 Å². The van der Waals surface area contributed by atoms with Gasteiger partial charge in [0.15, 0.2) is 3.95 Å². The van der Waals surface area contributed by atoms with Gasteiger partial charge >= 0.3 is 0 Å². The van der Waals surface area contributed by atoms with Crippen molar-refractivity contribution in [3.8, 4) is 5.88 Å². The molecule has 0 aliphatic carbocycles. The van der Waals surface area contributed by atoms with Crippen molar-refractivity contribution in [1.82, 2.24) is 4.57 Å². The average molecular weight is 434 g/mol. The molecule has 2 amide bonds. The van der Waals surface area contributed by atoms with Crippen LogP contribution in [-0.2, 0) is 9.59 Å².